The third-order valence-electron chi connectivity index (χ3n) is 6.61. The number of carboxylic acids is 1. The number of amides is 1. The molecule has 0 saturated carbocycles. The molecule has 0 bridgehead atoms. The molecule has 40 heavy (non-hydrogen) atoms. The van der Waals surface area contributed by atoms with Gasteiger partial charge in [-0.05, 0) is 60.1 Å². The Morgan fingerprint density at radius 2 is 1.48 bits per heavy atom. The molecule has 2 N–H and O–H groups in total. The van der Waals surface area contributed by atoms with E-state index in [0.29, 0.717) is 18.1 Å². The number of carbonyl (C=O) groups excluding carboxylic acids is 1. The summed E-state index contributed by atoms with van der Waals surface area (Å²) in [5.41, 5.74) is 3.09. The largest absolute Gasteiger partial charge is 0.492 e. The van der Waals surface area contributed by atoms with Gasteiger partial charge in [-0.15, -0.1) is 0 Å². The Morgan fingerprint density at radius 1 is 0.775 bits per heavy atom. The number of ether oxygens (including phenoxy) is 2. The smallest absolute Gasteiger partial charge is 0.337 e. The first-order valence-electron chi connectivity index (χ1n) is 13.4. The Hall–Kier alpha value is -4.62. The van der Waals surface area contributed by atoms with Crippen molar-refractivity contribution >= 4 is 17.6 Å². The number of hydrogen-bond donors (Lipinski definition) is 2. The fraction of sp³-hybridized carbons (Fsp3) is 0.212. The Balaban J connectivity index is 1.62. The lowest BCUT2D eigenvalue weighted by Crippen LogP contribution is -2.27. The normalized spacial score (nSPS) is 10.8. The topological polar surface area (TPSA) is 88.1 Å². The third-order valence-corrected chi connectivity index (χ3v) is 6.61. The van der Waals surface area contributed by atoms with Crippen LogP contribution in [0.3, 0.4) is 0 Å². The molecule has 4 rings (SSSR count). The standard InChI is InChI=1S/C33H34N2O5/c1-3-35(4-2)19-20-39-27-16-18-31(40-23-24-11-7-5-8-12-24)29(22-27)32(36)34-30-21-26(15-17-28(30)33(37)38)25-13-9-6-10-14-25/h5-18,21-22H,3-4,19-20,23H2,1-2H3,(H,34,36)(H,37,38). The monoisotopic (exact) mass is 538 g/mol. The summed E-state index contributed by atoms with van der Waals surface area (Å²) < 4.78 is 12.0. The summed E-state index contributed by atoms with van der Waals surface area (Å²) in [5, 5.41) is 12.6. The second-order valence-corrected chi connectivity index (χ2v) is 9.19. The molecule has 4 aromatic carbocycles. The van der Waals surface area contributed by atoms with Gasteiger partial charge in [0.25, 0.3) is 5.91 Å². The van der Waals surface area contributed by atoms with E-state index in [1.54, 1.807) is 30.3 Å². The number of aromatic carboxylic acids is 1. The van der Waals surface area contributed by atoms with Crippen LogP contribution in [0, 0.1) is 0 Å². The summed E-state index contributed by atoms with van der Waals surface area (Å²) in [6.07, 6.45) is 0. The average molecular weight is 539 g/mol. The Kier molecular flexibility index (Phi) is 9.91. The number of likely N-dealkylation sites (N-methyl/N-ethyl adjacent to an activating group) is 1. The van der Waals surface area contributed by atoms with Gasteiger partial charge in [0.1, 0.15) is 24.7 Å². The predicted octanol–water partition coefficient (Wildman–Crippen LogP) is 6.60. The third kappa shape index (κ3) is 7.48. The van der Waals surface area contributed by atoms with Crippen molar-refractivity contribution in [2.45, 2.75) is 20.5 Å². The molecular weight excluding hydrogens is 504 g/mol. The molecule has 0 saturated heterocycles. The molecule has 0 heterocycles. The van der Waals surface area contributed by atoms with E-state index in [-0.39, 0.29) is 23.4 Å². The number of benzene rings is 4. The van der Waals surface area contributed by atoms with E-state index >= 15 is 0 Å². The molecular formula is C33H34N2O5. The van der Waals surface area contributed by atoms with E-state index in [1.165, 1.54) is 6.07 Å². The summed E-state index contributed by atoms with van der Waals surface area (Å²) in [6, 6.07) is 29.3. The molecule has 0 aliphatic carbocycles. The highest BCUT2D eigenvalue weighted by Gasteiger charge is 2.19. The SMILES string of the molecule is CCN(CC)CCOc1ccc(OCc2ccccc2)c(C(=O)Nc2cc(-c3ccccc3)ccc2C(=O)O)c1. The van der Waals surface area contributed by atoms with Gasteiger partial charge in [-0.25, -0.2) is 4.79 Å². The van der Waals surface area contributed by atoms with E-state index in [0.717, 1.165) is 36.3 Å². The van der Waals surface area contributed by atoms with Crippen LogP contribution >= 0.6 is 0 Å². The molecule has 0 unspecified atom stereocenters. The van der Waals surface area contributed by atoms with Gasteiger partial charge in [0.05, 0.1) is 16.8 Å². The fourth-order valence-corrected chi connectivity index (χ4v) is 4.30. The van der Waals surface area contributed by atoms with Crippen LogP contribution in [0.1, 0.15) is 40.1 Å². The van der Waals surface area contributed by atoms with Crippen LogP contribution in [-0.4, -0.2) is 48.1 Å². The van der Waals surface area contributed by atoms with Crippen LogP contribution in [-0.2, 0) is 6.61 Å². The maximum absolute atomic E-state index is 13.6. The van der Waals surface area contributed by atoms with Crippen molar-refractivity contribution in [2.24, 2.45) is 0 Å². The molecule has 0 atom stereocenters. The number of rotatable bonds is 13. The lowest BCUT2D eigenvalue weighted by molar-refractivity contribution is 0.0698. The minimum absolute atomic E-state index is 0.00795. The molecule has 1 amide bonds. The molecule has 206 valence electrons. The van der Waals surface area contributed by atoms with Crippen LogP contribution in [0.2, 0.25) is 0 Å². The fourth-order valence-electron chi connectivity index (χ4n) is 4.30. The Labute approximate surface area is 235 Å². The molecule has 0 aliphatic heterocycles. The molecule has 7 nitrogen and oxygen atoms in total. The first-order valence-corrected chi connectivity index (χ1v) is 13.4. The molecule has 0 fully saturated rings. The number of carbonyl (C=O) groups is 2. The second kappa shape index (κ2) is 14.0. The summed E-state index contributed by atoms with van der Waals surface area (Å²) in [7, 11) is 0. The Morgan fingerprint density at radius 3 is 2.15 bits per heavy atom. The van der Waals surface area contributed by atoms with Gasteiger partial charge in [0, 0.05) is 6.54 Å². The number of carboxylic acid groups (broad SMARTS) is 1. The average Bonchev–Trinajstić information content (AvgIpc) is 2.99. The zero-order valence-electron chi connectivity index (χ0n) is 22.8. The zero-order valence-corrected chi connectivity index (χ0v) is 22.8. The summed E-state index contributed by atoms with van der Waals surface area (Å²) in [4.78, 5) is 27.9. The van der Waals surface area contributed by atoms with Crippen LogP contribution in [0.15, 0.2) is 97.1 Å². The minimum Gasteiger partial charge on any atom is -0.492 e. The maximum atomic E-state index is 13.6. The van der Waals surface area contributed by atoms with Crippen molar-refractivity contribution in [1.29, 1.82) is 0 Å². The van der Waals surface area contributed by atoms with Gasteiger partial charge < -0.3 is 24.8 Å². The van der Waals surface area contributed by atoms with Gasteiger partial charge >= 0.3 is 5.97 Å². The van der Waals surface area contributed by atoms with Gasteiger partial charge in [0.2, 0.25) is 0 Å². The van der Waals surface area contributed by atoms with Crippen molar-refractivity contribution in [1.82, 2.24) is 4.90 Å². The van der Waals surface area contributed by atoms with Crippen molar-refractivity contribution in [3.05, 3.63) is 114 Å². The van der Waals surface area contributed by atoms with Crippen LogP contribution in [0.4, 0.5) is 5.69 Å². The highest BCUT2D eigenvalue weighted by atomic mass is 16.5. The summed E-state index contributed by atoms with van der Waals surface area (Å²) in [6.45, 7) is 7.55. The summed E-state index contributed by atoms with van der Waals surface area (Å²) in [5.74, 6) is -0.733. The molecule has 0 radical (unpaired) electrons. The number of anilines is 1. The lowest BCUT2D eigenvalue weighted by atomic mass is 10.0. The maximum Gasteiger partial charge on any atom is 0.337 e. The van der Waals surface area contributed by atoms with Crippen molar-refractivity contribution in [2.75, 3.05) is 31.6 Å². The molecule has 4 aromatic rings. The van der Waals surface area contributed by atoms with Gasteiger partial charge in [-0.3, -0.25) is 4.79 Å². The summed E-state index contributed by atoms with van der Waals surface area (Å²) >= 11 is 0. The first kappa shape index (κ1) is 28.4. The number of nitrogens with zero attached hydrogens (tertiary/aromatic N) is 1. The molecule has 7 heteroatoms. The van der Waals surface area contributed by atoms with Crippen LogP contribution in [0.5, 0.6) is 11.5 Å². The quantitative estimate of drug-likeness (QED) is 0.199. The molecule has 0 aliphatic rings. The van der Waals surface area contributed by atoms with E-state index < -0.39 is 11.9 Å². The Bertz CT molecular complexity index is 1420. The van der Waals surface area contributed by atoms with Gasteiger partial charge in [-0.2, -0.15) is 0 Å². The second-order valence-electron chi connectivity index (χ2n) is 9.19. The lowest BCUT2D eigenvalue weighted by Gasteiger charge is -2.19. The van der Waals surface area contributed by atoms with Crippen LogP contribution < -0.4 is 14.8 Å². The van der Waals surface area contributed by atoms with Crippen molar-refractivity contribution < 1.29 is 24.2 Å². The van der Waals surface area contributed by atoms with E-state index in [1.807, 2.05) is 60.7 Å². The van der Waals surface area contributed by atoms with Crippen LogP contribution in [0.25, 0.3) is 11.1 Å². The van der Waals surface area contributed by atoms with Crippen molar-refractivity contribution in [3.63, 3.8) is 0 Å². The van der Waals surface area contributed by atoms with Gasteiger partial charge in [-0.1, -0.05) is 80.6 Å². The highest BCUT2D eigenvalue weighted by molar-refractivity contribution is 6.09. The minimum atomic E-state index is -1.14. The molecule has 0 aromatic heterocycles. The first-order chi connectivity index (χ1) is 19.5. The van der Waals surface area contributed by atoms with E-state index in [4.69, 9.17) is 9.47 Å². The molecule has 0 spiro atoms. The zero-order chi connectivity index (χ0) is 28.3. The van der Waals surface area contributed by atoms with E-state index in [9.17, 15) is 14.7 Å². The number of nitrogens with one attached hydrogen (secondary N) is 1. The van der Waals surface area contributed by atoms with Crippen molar-refractivity contribution in [3.8, 4) is 22.6 Å². The number of hydrogen-bond acceptors (Lipinski definition) is 5. The van der Waals surface area contributed by atoms with E-state index in [2.05, 4.69) is 24.1 Å². The highest BCUT2D eigenvalue weighted by Crippen LogP contribution is 2.29. The van der Waals surface area contributed by atoms with Gasteiger partial charge in [0.15, 0.2) is 0 Å². The predicted molar refractivity (Wildman–Crippen MR) is 157 cm³/mol.